The van der Waals surface area contributed by atoms with Crippen molar-refractivity contribution in [2.75, 3.05) is 6.54 Å². The number of hydrogen-bond donors (Lipinski definition) is 2. The summed E-state index contributed by atoms with van der Waals surface area (Å²) in [5.74, 6) is 0.529. The fraction of sp³-hybridized carbons (Fsp3) is 0.647. The van der Waals surface area contributed by atoms with Gasteiger partial charge in [-0.1, -0.05) is 24.3 Å². The van der Waals surface area contributed by atoms with E-state index >= 15 is 0 Å². The summed E-state index contributed by atoms with van der Waals surface area (Å²) in [5, 5.41) is 14.1. The molecule has 2 aliphatic carbocycles. The van der Waals surface area contributed by atoms with Crippen LogP contribution in [0.15, 0.2) is 24.3 Å². The monoisotopic (exact) mass is 259 g/mol. The maximum absolute atomic E-state index is 10.6. The largest absolute Gasteiger partial charge is 0.389 e. The zero-order chi connectivity index (χ0) is 13.3. The first-order chi connectivity index (χ1) is 9.14. The fourth-order valence-corrected chi connectivity index (χ4v) is 3.32. The van der Waals surface area contributed by atoms with Crippen LogP contribution in [0.2, 0.25) is 0 Å². The predicted molar refractivity (Wildman–Crippen MR) is 78.4 cm³/mol. The van der Waals surface area contributed by atoms with Gasteiger partial charge in [0.05, 0.1) is 5.60 Å². The number of fused-ring (bicyclic) bond motifs is 1. The lowest BCUT2D eigenvalue weighted by Crippen LogP contribution is -2.40. The Kier molecular flexibility index (Phi) is 3.64. The van der Waals surface area contributed by atoms with E-state index in [4.69, 9.17) is 0 Å². The van der Waals surface area contributed by atoms with Crippen LogP contribution in [0.25, 0.3) is 0 Å². The molecule has 3 rings (SSSR count). The average molecular weight is 259 g/mol. The van der Waals surface area contributed by atoms with E-state index in [1.165, 1.54) is 43.2 Å². The zero-order valence-electron chi connectivity index (χ0n) is 11.9. The van der Waals surface area contributed by atoms with Gasteiger partial charge in [-0.05, 0) is 62.5 Å². The van der Waals surface area contributed by atoms with Crippen molar-refractivity contribution >= 4 is 0 Å². The lowest BCUT2D eigenvalue weighted by atomic mass is 9.77. The maximum atomic E-state index is 10.6. The highest BCUT2D eigenvalue weighted by Crippen LogP contribution is 2.37. The SMILES string of the molecule is CC(O)(CNC1CC1)CC1CCCc2ccccc21. The Balaban J connectivity index is 1.65. The first-order valence-corrected chi connectivity index (χ1v) is 7.68. The van der Waals surface area contributed by atoms with Gasteiger partial charge in [0.25, 0.3) is 0 Å². The molecule has 0 aromatic heterocycles. The Hall–Kier alpha value is -0.860. The minimum Gasteiger partial charge on any atom is -0.389 e. The summed E-state index contributed by atoms with van der Waals surface area (Å²) in [6, 6.07) is 9.44. The Morgan fingerprint density at radius 1 is 1.26 bits per heavy atom. The first kappa shape index (κ1) is 13.1. The number of benzene rings is 1. The molecule has 104 valence electrons. The summed E-state index contributed by atoms with van der Waals surface area (Å²) in [7, 11) is 0. The normalized spacial score (nSPS) is 25.7. The number of hydrogen-bond acceptors (Lipinski definition) is 2. The van der Waals surface area contributed by atoms with Gasteiger partial charge in [0.1, 0.15) is 0 Å². The van der Waals surface area contributed by atoms with Crippen molar-refractivity contribution in [3.63, 3.8) is 0 Å². The molecule has 0 bridgehead atoms. The average Bonchev–Trinajstić information content (AvgIpc) is 3.21. The molecular formula is C17H25NO. The molecule has 1 aromatic rings. The third-order valence-corrected chi connectivity index (χ3v) is 4.53. The first-order valence-electron chi connectivity index (χ1n) is 7.68. The minimum absolute atomic E-state index is 0.529. The van der Waals surface area contributed by atoms with Crippen molar-refractivity contribution < 1.29 is 5.11 Å². The smallest absolute Gasteiger partial charge is 0.0749 e. The van der Waals surface area contributed by atoms with Crippen LogP contribution in [0.1, 0.15) is 56.1 Å². The third kappa shape index (κ3) is 3.37. The molecule has 2 unspecified atom stereocenters. The van der Waals surface area contributed by atoms with E-state index in [9.17, 15) is 5.11 Å². The van der Waals surface area contributed by atoms with Crippen molar-refractivity contribution in [3.05, 3.63) is 35.4 Å². The highest BCUT2D eigenvalue weighted by atomic mass is 16.3. The summed E-state index contributed by atoms with van der Waals surface area (Å²) >= 11 is 0. The molecule has 0 spiro atoms. The van der Waals surface area contributed by atoms with E-state index in [1.807, 2.05) is 6.92 Å². The van der Waals surface area contributed by atoms with E-state index < -0.39 is 5.60 Å². The minimum atomic E-state index is -0.586. The van der Waals surface area contributed by atoms with Crippen molar-refractivity contribution in [3.8, 4) is 0 Å². The molecule has 2 nitrogen and oxygen atoms in total. The number of nitrogens with one attached hydrogen (secondary N) is 1. The standard InChI is InChI=1S/C17H25NO/c1-17(19,12-18-15-9-10-15)11-14-7-4-6-13-5-2-3-8-16(13)14/h2-3,5,8,14-15,18-19H,4,6-7,9-12H2,1H3. The zero-order valence-corrected chi connectivity index (χ0v) is 11.9. The van der Waals surface area contributed by atoms with Crippen LogP contribution in [0.5, 0.6) is 0 Å². The Morgan fingerprint density at radius 2 is 2.05 bits per heavy atom. The highest BCUT2D eigenvalue weighted by molar-refractivity contribution is 5.32. The van der Waals surface area contributed by atoms with Crippen LogP contribution in [0, 0.1) is 0 Å². The maximum Gasteiger partial charge on any atom is 0.0749 e. The topological polar surface area (TPSA) is 32.3 Å². The highest BCUT2D eigenvalue weighted by Gasteiger charge is 2.31. The van der Waals surface area contributed by atoms with Crippen LogP contribution in [0.4, 0.5) is 0 Å². The predicted octanol–water partition coefficient (Wildman–Crippen LogP) is 3.00. The second-order valence-electron chi connectivity index (χ2n) is 6.64. The summed E-state index contributed by atoms with van der Waals surface area (Å²) < 4.78 is 0. The van der Waals surface area contributed by atoms with E-state index in [2.05, 4.69) is 29.6 Å². The van der Waals surface area contributed by atoms with Gasteiger partial charge in [-0.15, -0.1) is 0 Å². The molecular weight excluding hydrogens is 234 g/mol. The summed E-state index contributed by atoms with van der Waals surface area (Å²) in [6.07, 6.45) is 7.12. The molecule has 1 saturated carbocycles. The van der Waals surface area contributed by atoms with E-state index in [1.54, 1.807) is 0 Å². The fourth-order valence-electron chi connectivity index (χ4n) is 3.32. The van der Waals surface area contributed by atoms with Gasteiger partial charge in [-0.25, -0.2) is 0 Å². The summed E-state index contributed by atoms with van der Waals surface area (Å²) in [4.78, 5) is 0. The number of aryl methyl sites for hydroxylation is 1. The van der Waals surface area contributed by atoms with E-state index in [-0.39, 0.29) is 0 Å². The van der Waals surface area contributed by atoms with Crippen LogP contribution < -0.4 is 5.32 Å². The van der Waals surface area contributed by atoms with Crippen molar-refractivity contribution in [2.24, 2.45) is 0 Å². The second-order valence-corrected chi connectivity index (χ2v) is 6.64. The lowest BCUT2D eigenvalue weighted by molar-refractivity contribution is 0.0412. The lowest BCUT2D eigenvalue weighted by Gasteiger charge is -2.32. The molecule has 2 heteroatoms. The Bertz CT molecular complexity index is 437. The van der Waals surface area contributed by atoms with Gasteiger partial charge < -0.3 is 10.4 Å². The van der Waals surface area contributed by atoms with Crippen LogP contribution in [-0.4, -0.2) is 23.3 Å². The van der Waals surface area contributed by atoms with Crippen molar-refractivity contribution in [1.82, 2.24) is 5.32 Å². The Labute approximate surface area is 116 Å². The van der Waals surface area contributed by atoms with Crippen molar-refractivity contribution in [1.29, 1.82) is 0 Å². The van der Waals surface area contributed by atoms with Crippen LogP contribution >= 0.6 is 0 Å². The molecule has 2 atom stereocenters. The molecule has 0 heterocycles. The third-order valence-electron chi connectivity index (χ3n) is 4.53. The molecule has 0 radical (unpaired) electrons. The molecule has 0 aliphatic heterocycles. The Morgan fingerprint density at radius 3 is 2.84 bits per heavy atom. The molecule has 2 N–H and O–H groups in total. The second kappa shape index (κ2) is 5.26. The van der Waals surface area contributed by atoms with Crippen molar-refractivity contribution in [2.45, 2.75) is 63.0 Å². The van der Waals surface area contributed by atoms with Crippen LogP contribution in [-0.2, 0) is 6.42 Å². The van der Waals surface area contributed by atoms with Gasteiger partial charge in [0.15, 0.2) is 0 Å². The summed E-state index contributed by atoms with van der Waals surface area (Å²) in [5.41, 5.74) is 2.38. The number of rotatable bonds is 5. The molecule has 19 heavy (non-hydrogen) atoms. The van der Waals surface area contributed by atoms with E-state index in [0.717, 1.165) is 13.0 Å². The van der Waals surface area contributed by atoms with Crippen LogP contribution in [0.3, 0.4) is 0 Å². The molecule has 1 aromatic carbocycles. The van der Waals surface area contributed by atoms with Gasteiger partial charge in [0, 0.05) is 12.6 Å². The molecule has 0 saturated heterocycles. The van der Waals surface area contributed by atoms with E-state index in [0.29, 0.717) is 12.0 Å². The van der Waals surface area contributed by atoms with Gasteiger partial charge in [-0.2, -0.15) is 0 Å². The van der Waals surface area contributed by atoms with Gasteiger partial charge >= 0.3 is 0 Å². The molecule has 2 aliphatic rings. The molecule has 1 fully saturated rings. The molecule has 0 amide bonds. The van der Waals surface area contributed by atoms with Gasteiger partial charge in [-0.3, -0.25) is 0 Å². The van der Waals surface area contributed by atoms with Gasteiger partial charge in [0.2, 0.25) is 0 Å². The quantitative estimate of drug-likeness (QED) is 0.852. The summed E-state index contributed by atoms with van der Waals surface area (Å²) in [6.45, 7) is 2.72. The number of aliphatic hydroxyl groups is 1.